The highest BCUT2D eigenvalue weighted by atomic mass is 16.5. The molecule has 1 aromatic heterocycles. The van der Waals surface area contributed by atoms with Crippen molar-refractivity contribution >= 4 is 17.7 Å². The van der Waals surface area contributed by atoms with Gasteiger partial charge in [0.1, 0.15) is 5.82 Å². The van der Waals surface area contributed by atoms with Crippen LogP contribution in [0.2, 0.25) is 0 Å². The van der Waals surface area contributed by atoms with Crippen LogP contribution >= 0.6 is 0 Å². The highest BCUT2D eigenvalue weighted by Gasteiger charge is 2.24. The molecule has 2 aliphatic rings. The molecule has 2 aromatic rings. The van der Waals surface area contributed by atoms with E-state index < -0.39 is 0 Å². The van der Waals surface area contributed by atoms with E-state index in [1.165, 1.54) is 5.56 Å². The second-order valence-corrected chi connectivity index (χ2v) is 7.85. The monoisotopic (exact) mass is 395 g/mol. The highest BCUT2D eigenvalue weighted by molar-refractivity contribution is 5.94. The molecule has 2 fully saturated rings. The predicted octanol–water partition coefficient (Wildman–Crippen LogP) is 2.20. The lowest BCUT2D eigenvalue weighted by Gasteiger charge is -2.36. The third kappa shape index (κ3) is 4.34. The maximum absolute atomic E-state index is 12.9. The van der Waals surface area contributed by atoms with E-state index in [4.69, 9.17) is 9.72 Å². The number of hydrogen-bond acceptors (Lipinski definition) is 6. The first-order valence-electron chi connectivity index (χ1n) is 10.3. The van der Waals surface area contributed by atoms with Gasteiger partial charge in [-0.15, -0.1) is 0 Å². The third-order valence-electron chi connectivity index (χ3n) is 5.77. The molecular weight excluding hydrogens is 366 g/mol. The van der Waals surface area contributed by atoms with E-state index in [9.17, 15) is 4.79 Å². The number of carbonyl (C=O) groups is 1. The normalized spacial score (nSPS) is 17.6. The van der Waals surface area contributed by atoms with Crippen molar-refractivity contribution in [3.63, 3.8) is 0 Å². The van der Waals surface area contributed by atoms with Crippen LogP contribution in [0.3, 0.4) is 0 Å². The molecule has 2 aliphatic heterocycles. The summed E-state index contributed by atoms with van der Waals surface area (Å²) in [5.74, 6) is 1.83. The molecule has 0 radical (unpaired) electrons. The summed E-state index contributed by atoms with van der Waals surface area (Å²) in [5, 5.41) is 0. The number of rotatable bonds is 3. The quantitative estimate of drug-likeness (QED) is 0.794. The molecule has 7 nitrogen and oxygen atoms in total. The lowest BCUT2D eigenvalue weighted by atomic mass is 10.1. The minimum atomic E-state index is 0.112. The molecule has 2 saturated heterocycles. The van der Waals surface area contributed by atoms with Crippen molar-refractivity contribution < 1.29 is 9.53 Å². The van der Waals surface area contributed by atoms with Crippen molar-refractivity contribution in [3.8, 4) is 0 Å². The van der Waals surface area contributed by atoms with Gasteiger partial charge in [-0.3, -0.25) is 4.79 Å². The van der Waals surface area contributed by atoms with E-state index in [1.807, 2.05) is 43.0 Å². The minimum Gasteiger partial charge on any atom is -0.378 e. The second-order valence-electron chi connectivity index (χ2n) is 7.85. The van der Waals surface area contributed by atoms with Gasteiger partial charge in [0, 0.05) is 56.6 Å². The number of ether oxygens (including phenoxy) is 1. The van der Waals surface area contributed by atoms with E-state index in [2.05, 4.69) is 21.7 Å². The molecule has 7 heteroatoms. The Labute approximate surface area is 172 Å². The van der Waals surface area contributed by atoms with Gasteiger partial charge in [-0.25, -0.2) is 4.98 Å². The average Bonchev–Trinajstić information content (AvgIpc) is 2.75. The fraction of sp³-hybridized carbons (Fsp3) is 0.500. The van der Waals surface area contributed by atoms with Gasteiger partial charge in [0.25, 0.3) is 5.91 Å². The molecular formula is C22H29N5O2. The number of nitrogens with zero attached hydrogens (tertiary/aromatic N) is 5. The van der Waals surface area contributed by atoms with Crippen molar-refractivity contribution in [2.75, 3.05) is 62.3 Å². The van der Waals surface area contributed by atoms with Crippen molar-refractivity contribution in [2.24, 2.45) is 0 Å². The van der Waals surface area contributed by atoms with Gasteiger partial charge < -0.3 is 19.4 Å². The van der Waals surface area contributed by atoms with E-state index in [0.29, 0.717) is 26.3 Å². The van der Waals surface area contributed by atoms with Gasteiger partial charge in [0.05, 0.1) is 13.2 Å². The molecule has 0 aliphatic carbocycles. The first-order chi connectivity index (χ1) is 14.0. The van der Waals surface area contributed by atoms with Gasteiger partial charge >= 0.3 is 0 Å². The number of piperazine rings is 1. The molecule has 0 spiro atoms. The van der Waals surface area contributed by atoms with Crippen LogP contribution in [0, 0.1) is 20.8 Å². The number of carbonyl (C=O) groups excluding carboxylic acids is 1. The molecule has 1 aromatic carbocycles. The number of morpholine rings is 1. The Morgan fingerprint density at radius 2 is 1.59 bits per heavy atom. The molecule has 0 atom stereocenters. The third-order valence-corrected chi connectivity index (χ3v) is 5.77. The van der Waals surface area contributed by atoms with Crippen LogP contribution in [0.25, 0.3) is 0 Å². The standard InChI is InChI=1S/C22H29N5O2/c1-16-4-5-19(14-17(16)2)21(28)26-8-6-25(7-9-26)20-15-18(3)23-22(24-20)27-10-12-29-13-11-27/h4-5,14-15H,6-13H2,1-3H3. The Morgan fingerprint density at radius 1 is 0.862 bits per heavy atom. The van der Waals surface area contributed by atoms with E-state index in [0.717, 1.165) is 54.8 Å². The van der Waals surface area contributed by atoms with Crippen LogP contribution in [0.15, 0.2) is 24.3 Å². The lowest BCUT2D eigenvalue weighted by Crippen LogP contribution is -2.49. The smallest absolute Gasteiger partial charge is 0.253 e. The summed E-state index contributed by atoms with van der Waals surface area (Å²) in [5.41, 5.74) is 4.10. The van der Waals surface area contributed by atoms with Gasteiger partial charge in [-0.2, -0.15) is 4.98 Å². The summed E-state index contributed by atoms with van der Waals surface area (Å²) in [6, 6.07) is 7.98. The van der Waals surface area contributed by atoms with Gasteiger partial charge in [0.2, 0.25) is 5.95 Å². The summed E-state index contributed by atoms with van der Waals surface area (Å²) in [4.78, 5) is 28.7. The number of aryl methyl sites for hydroxylation is 3. The summed E-state index contributed by atoms with van der Waals surface area (Å²) >= 11 is 0. The van der Waals surface area contributed by atoms with Gasteiger partial charge in [0.15, 0.2) is 0 Å². The zero-order chi connectivity index (χ0) is 20.4. The average molecular weight is 396 g/mol. The van der Waals surface area contributed by atoms with E-state index >= 15 is 0 Å². The summed E-state index contributed by atoms with van der Waals surface area (Å²) in [6.07, 6.45) is 0. The predicted molar refractivity (Wildman–Crippen MR) is 114 cm³/mol. The fourth-order valence-electron chi connectivity index (χ4n) is 3.80. The van der Waals surface area contributed by atoms with Crippen LogP contribution in [0.1, 0.15) is 27.2 Å². The van der Waals surface area contributed by atoms with Crippen molar-refractivity contribution in [1.82, 2.24) is 14.9 Å². The Balaban J connectivity index is 1.43. The van der Waals surface area contributed by atoms with Crippen molar-refractivity contribution in [2.45, 2.75) is 20.8 Å². The Bertz CT molecular complexity index is 887. The highest BCUT2D eigenvalue weighted by Crippen LogP contribution is 2.21. The Morgan fingerprint density at radius 3 is 2.28 bits per heavy atom. The molecule has 0 saturated carbocycles. The number of amides is 1. The summed E-state index contributed by atoms with van der Waals surface area (Å²) in [6.45, 7) is 12.1. The number of hydrogen-bond donors (Lipinski definition) is 0. The molecule has 0 N–H and O–H groups in total. The zero-order valence-electron chi connectivity index (χ0n) is 17.5. The molecule has 0 bridgehead atoms. The van der Waals surface area contributed by atoms with Gasteiger partial charge in [-0.1, -0.05) is 6.07 Å². The minimum absolute atomic E-state index is 0.112. The van der Waals surface area contributed by atoms with E-state index in [-0.39, 0.29) is 5.91 Å². The van der Waals surface area contributed by atoms with Crippen LogP contribution in [0.5, 0.6) is 0 Å². The van der Waals surface area contributed by atoms with Crippen LogP contribution in [-0.4, -0.2) is 73.3 Å². The maximum atomic E-state index is 12.9. The van der Waals surface area contributed by atoms with Crippen LogP contribution < -0.4 is 9.80 Å². The first-order valence-corrected chi connectivity index (χ1v) is 10.3. The SMILES string of the molecule is Cc1cc(N2CCN(C(=O)c3ccc(C)c(C)c3)CC2)nc(N2CCOCC2)n1. The number of anilines is 2. The fourth-order valence-corrected chi connectivity index (χ4v) is 3.80. The molecule has 0 unspecified atom stereocenters. The summed E-state index contributed by atoms with van der Waals surface area (Å²) in [7, 11) is 0. The maximum Gasteiger partial charge on any atom is 0.253 e. The van der Waals surface area contributed by atoms with Crippen molar-refractivity contribution in [3.05, 3.63) is 46.6 Å². The molecule has 1 amide bonds. The Hall–Kier alpha value is -2.67. The van der Waals surface area contributed by atoms with Crippen molar-refractivity contribution in [1.29, 1.82) is 0 Å². The molecule has 4 rings (SSSR count). The lowest BCUT2D eigenvalue weighted by molar-refractivity contribution is 0.0746. The first kappa shape index (κ1) is 19.6. The zero-order valence-corrected chi connectivity index (χ0v) is 17.5. The largest absolute Gasteiger partial charge is 0.378 e. The van der Waals surface area contributed by atoms with Gasteiger partial charge in [-0.05, 0) is 44.0 Å². The summed E-state index contributed by atoms with van der Waals surface area (Å²) < 4.78 is 5.44. The molecule has 3 heterocycles. The molecule has 29 heavy (non-hydrogen) atoms. The Kier molecular flexibility index (Phi) is 5.67. The van der Waals surface area contributed by atoms with E-state index in [1.54, 1.807) is 0 Å². The van der Waals surface area contributed by atoms with Crippen LogP contribution in [0.4, 0.5) is 11.8 Å². The topological polar surface area (TPSA) is 61.8 Å². The molecule has 154 valence electrons. The van der Waals surface area contributed by atoms with Crippen LogP contribution in [-0.2, 0) is 4.74 Å². The second kappa shape index (κ2) is 8.37. The number of aromatic nitrogens is 2. The number of benzene rings is 1.